The van der Waals surface area contributed by atoms with Crippen molar-refractivity contribution >= 4 is 38.8 Å². The third-order valence-corrected chi connectivity index (χ3v) is 4.80. The summed E-state index contributed by atoms with van der Waals surface area (Å²) in [6.07, 6.45) is 1.64. The number of anilines is 2. The van der Waals surface area contributed by atoms with Crippen LogP contribution in [0.4, 0.5) is 11.5 Å². The molecule has 0 bridgehead atoms. The van der Waals surface area contributed by atoms with Crippen molar-refractivity contribution in [3.63, 3.8) is 0 Å². The molecule has 5 nitrogen and oxygen atoms in total. The average molecular weight is 361 g/mol. The first kappa shape index (κ1) is 16.1. The normalized spacial score (nSPS) is 10.6. The van der Waals surface area contributed by atoms with Gasteiger partial charge in [-0.05, 0) is 42.5 Å². The molecule has 3 N–H and O–H groups in total. The Bertz CT molecular complexity index is 1060. The topological polar surface area (TPSA) is 77.2 Å². The van der Waals surface area contributed by atoms with Gasteiger partial charge in [-0.25, -0.2) is 4.98 Å². The van der Waals surface area contributed by atoms with Crippen molar-refractivity contribution in [3.8, 4) is 11.5 Å². The maximum absolute atomic E-state index is 12.6. The molecule has 4 aromatic rings. The van der Waals surface area contributed by atoms with Gasteiger partial charge in [-0.3, -0.25) is 4.79 Å². The number of nitrogens with one attached hydrogen (secondary N) is 1. The number of nitrogens with zero attached hydrogens (tertiary/aromatic N) is 1. The van der Waals surface area contributed by atoms with Crippen LogP contribution in [-0.4, -0.2) is 10.9 Å². The van der Waals surface area contributed by atoms with Gasteiger partial charge in [-0.1, -0.05) is 18.2 Å². The van der Waals surface area contributed by atoms with Crippen molar-refractivity contribution in [1.29, 1.82) is 0 Å². The highest BCUT2D eigenvalue weighted by Crippen LogP contribution is 2.30. The van der Waals surface area contributed by atoms with Gasteiger partial charge in [0.15, 0.2) is 0 Å². The van der Waals surface area contributed by atoms with Crippen LogP contribution in [0.2, 0.25) is 0 Å². The van der Waals surface area contributed by atoms with Gasteiger partial charge in [-0.2, -0.15) is 0 Å². The fourth-order valence-corrected chi connectivity index (χ4v) is 3.55. The summed E-state index contributed by atoms with van der Waals surface area (Å²) in [6, 6.07) is 18.6. The number of aromatic nitrogens is 1. The Morgan fingerprint density at radius 1 is 1.00 bits per heavy atom. The highest BCUT2D eigenvalue weighted by molar-refractivity contribution is 7.17. The second-order valence-corrected chi connectivity index (χ2v) is 6.52. The zero-order valence-electron chi connectivity index (χ0n) is 13.7. The summed E-state index contributed by atoms with van der Waals surface area (Å²) in [5.74, 6) is 1.61. The number of fused-ring (bicyclic) bond motifs is 1. The van der Waals surface area contributed by atoms with Gasteiger partial charge in [0, 0.05) is 27.4 Å². The van der Waals surface area contributed by atoms with Crippen molar-refractivity contribution in [2.24, 2.45) is 0 Å². The molecule has 0 spiro atoms. The number of hydrogen-bond donors (Lipinski definition) is 2. The number of carbonyl (C=O) groups is 1. The molecule has 0 saturated heterocycles. The Balaban J connectivity index is 1.51. The van der Waals surface area contributed by atoms with E-state index >= 15 is 0 Å². The Hall–Kier alpha value is -3.38. The molecule has 128 valence electrons. The van der Waals surface area contributed by atoms with Crippen molar-refractivity contribution in [3.05, 3.63) is 77.8 Å². The number of nitrogens with two attached hydrogens (primary N) is 1. The zero-order valence-corrected chi connectivity index (χ0v) is 14.5. The summed E-state index contributed by atoms with van der Waals surface area (Å²) in [6.45, 7) is 0. The third kappa shape index (κ3) is 3.22. The molecule has 0 radical (unpaired) electrons. The van der Waals surface area contributed by atoms with Crippen LogP contribution < -0.4 is 15.8 Å². The number of thiophene rings is 1. The molecule has 4 rings (SSSR count). The fraction of sp³-hybridized carbons (Fsp3) is 0. The van der Waals surface area contributed by atoms with E-state index < -0.39 is 0 Å². The van der Waals surface area contributed by atoms with Crippen LogP contribution in [0.3, 0.4) is 0 Å². The minimum absolute atomic E-state index is 0.215. The molecule has 2 aromatic heterocycles. The number of hydrogen-bond acceptors (Lipinski definition) is 5. The van der Waals surface area contributed by atoms with Crippen LogP contribution in [0.15, 0.2) is 72.2 Å². The lowest BCUT2D eigenvalue weighted by Crippen LogP contribution is -2.11. The largest absolute Gasteiger partial charge is 0.457 e. The number of benzene rings is 2. The summed E-state index contributed by atoms with van der Waals surface area (Å²) in [7, 11) is 0. The van der Waals surface area contributed by atoms with Crippen LogP contribution in [0.25, 0.3) is 10.1 Å². The minimum Gasteiger partial charge on any atom is -0.457 e. The van der Waals surface area contributed by atoms with E-state index in [1.807, 2.05) is 48.5 Å². The second-order valence-electron chi connectivity index (χ2n) is 5.61. The molecule has 1 amide bonds. The molecule has 0 saturated carbocycles. The minimum atomic E-state index is -0.215. The van der Waals surface area contributed by atoms with E-state index in [0.717, 1.165) is 10.4 Å². The van der Waals surface area contributed by atoms with E-state index in [0.29, 0.717) is 28.2 Å². The number of pyridine rings is 1. The lowest BCUT2D eigenvalue weighted by molar-refractivity contribution is 0.102. The van der Waals surface area contributed by atoms with E-state index in [4.69, 9.17) is 10.5 Å². The Labute approximate surface area is 154 Å². The van der Waals surface area contributed by atoms with E-state index in [9.17, 15) is 4.79 Å². The summed E-state index contributed by atoms with van der Waals surface area (Å²) in [5.41, 5.74) is 7.13. The second kappa shape index (κ2) is 6.85. The molecule has 0 aliphatic rings. The van der Waals surface area contributed by atoms with Crippen LogP contribution >= 0.6 is 11.3 Å². The molecular weight excluding hydrogens is 346 g/mol. The molecule has 0 atom stereocenters. The highest BCUT2D eigenvalue weighted by atomic mass is 32.1. The van der Waals surface area contributed by atoms with Crippen molar-refractivity contribution in [1.82, 2.24) is 4.98 Å². The molecule has 0 aliphatic heterocycles. The first-order valence-corrected chi connectivity index (χ1v) is 8.85. The van der Waals surface area contributed by atoms with Crippen molar-refractivity contribution < 1.29 is 9.53 Å². The quantitative estimate of drug-likeness (QED) is 0.541. The Morgan fingerprint density at radius 2 is 1.73 bits per heavy atom. The van der Waals surface area contributed by atoms with E-state index in [2.05, 4.69) is 10.3 Å². The molecule has 0 unspecified atom stereocenters. The van der Waals surface area contributed by atoms with Gasteiger partial charge in [0.05, 0.1) is 5.56 Å². The van der Waals surface area contributed by atoms with Gasteiger partial charge in [0.25, 0.3) is 5.91 Å². The molecular formula is C20H15N3O2S. The summed E-state index contributed by atoms with van der Waals surface area (Å²) in [5, 5.41) is 5.37. The van der Waals surface area contributed by atoms with Crippen molar-refractivity contribution in [2.75, 3.05) is 11.1 Å². The monoisotopic (exact) mass is 361 g/mol. The summed E-state index contributed by atoms with van der Waals surface area (Å²) < 4.78 is 6.69. The summed E-state index contributed by atoms with van der Waals surface area (Å²) in [4.78, 5) is 16.7. The van der Waals surface area contributed by atoms with E-state index in [1.54, 1.807) is 23.7 Å². The van der Waals surface area contributed by atoms with Crippen LogP contribution in [-0.2, 0) is 0 Å². The smallest absolute Gasteiger partial charge is 0.257 e. The number of para-hydroxylation sites is 1. The van der Waals surface area contributed by atoms with Gasteiger partial charge < -0.3 is 15.8 Å². The van der Waals surface area contributed by atoms with Gasteiger partial charge >= 0.3 is 0 Å². The number of amides is 1. The van der Waals surface area contributed by atoms with E-state index in [-0.39, 0.29) is 5.91 Å². The Kier molecular flexibility index (Phi) is 4.25. The van der Waals surface area contributed by atoms with E-state index in [1.165, 1.54) is 11.3 Å². The van der Waals surface area contributed by atoms with Crippen molar-refractivity contribution in [2.45, 2.75) is 0 Å². The first-order chi connectivity index (χ1) is 12.7. The number of rotatable bonds is 4. The fourth-order valence-electron chi connectivity index (χ4n) is 2.61. The SMILES string of the molecule is Nc1nccc2scc(C(=O)Nc3ccc(Oc4ccccc4)cc3)c12. The van der Waals surface area contributed by atoms with Gasteiger partial charge in [0.2, 0.25) is 0 Å². The lowest BCUT2D eigenvalue weighted by Gasteiger charge is -2.08. The maximum Gasteiger partial charge on any atom is 0.257 e. The zero-order chi connectivity index (χ0) is 17.9. The standard InChI is InChI=1S/C20H15N3O2S/c21-19-18-16(12-26-17(18)10-11-22-19)20(24)23-13-6-8-15(9-7-13)25-14-4-2-1-3-5-14/h1-12H,(H2,21,22)(H,23,24). The van der Waals surface area contributed by atoms with Crippen LogP contribution in [0.5, 0.6) is 11.5 Å². The number of ether oxygens (including phenoxy) is 1. The van der Waals surface area contributed by atoms with Gasteiger partial charge in [0.1, 0.15) is 17.3 Å². The first-order valence-electron chi connectivity index (χ1n) is 7.97. The molecule has 0 fully saturated rings. The molecule has 2 aromatic carbocycles. The third-order valence-electron chi connectivity index (χ3n) is 3.85. The molecule has 0 aliphatic carbocycles. The number of nitrogen functional groups attached to an aromatic ring is 1. The van der Waals surface area contributed by atoms with Gasteiger partial charge in [-0.15, -0.1) is 11.3 Å². The Morgan fingerprint density at radius 3 is 2.50 bits per heavy atom. The summed E-state index contributed by atoms with van der Waals surface area (Å²) >= 11 is 1.47. The molecule has 6 heteroatoms. The number of carbonyl (C=O) groups excluding carboxylic acids is 1. The molecule has 26 heavy (non-hydrogen) atoms. The predicted octanol–water partition coefficient (Wildman–Crippen LogP) is 4.92. The van der Waals surface area contributed by atoms with Crippen LogP contribution in [0, 0.1) is 0 Å². The predicted molar refractivity (Wildman–Crippen MR) is 105 cm³/mol. The lowest BCUT2D eigenvalue weighted by atomic mass is 10.2. The highest BCUT2D eigenvalue weighted by Gasteiger charge is 2.15. The van der Waals surface area contributed by atoms with Crippen LogP contribution in [0.1, 0.15) is 10.4 Å². The average Bonchev–Trinajstić information content (AvgIpc) is 3.10. The molecule has 2 heterocycles. The maximum atomic E-state index is 12.6.